The number of nitrogens with zero attached hydrogens (tertiary/aromatic N) is 1. The molecule has 1 unspecified atom stereocenters. The van der Waals surface area contributed by atoms with Gasteiger partial charge in [-0.3, -0.25) is 0 Å². The molecule has 0 radical (unpaired) electrons. The first-order valence-electron chi connectivity index (χ1n) is 5.44. The predicted molar refractivity (Wildman–Crippen MR) is 60.5 cm³/mol. The minimum absolute atomic E-state index is 0.721. The molecule has 1 heterocycles. The highest BCUT2D eigenvalue weighted by Gasteiger charge is 2.29. The van der Waals surface area contributed by atoms with Gasteiger partial charge in [-0.15, -0.1) is 11.3 Å². The Kier molecular flexibility index (Phi) is 3.19. The zero-order valence-corrected chi connectivity index (χ0v) is 9.73. The second kappa shape index (κ2) is 4.41. The Morgan fingerprint density at radius 2 is 2.43 bits per heavy atom. The third-order valence-corrected chi connectivity index (χ3v) is 3.73. The van der Waals surface area contributed by atoms with Crippen LogP contribution in [0.25, 0.3) is 0 Å². The highest BCUT2D eigenvalue weighted by molar-refractivity contribution is 7.11. The third kappa shape index (κ3) is 2.55. The molecule has 0 saturated heterocycles. The van der Waals surface area contributed by atoms with Gasteiger partial charge in [0.05, 0.1) is 0 Å². The molecule has 0 bridgehead atoms. The minimum atomic E-state index is 0.721. The molecule has 1 aromatic rings. The molecule has 0 aromatic carbocycles. The number of nitrogens with one attached hydrogen (secondary N) is 1. The lowest BCUT2D eigenvalue weighted by atomic mass is 10.1. The molecule has 1 N–H and O–H groups in total. The van der Waals surface area contributed by atoms with Crippen molar-refractivity contribution in [1.82, 2.24) is 10.3 Å². The van der Waals surface area contributed by atoms with Gasteiger partial charge in [0.15, 0.2) is 0 Å². The molecule has 1 saturated carbocycles. The number of hydrogen-bond donors (Lipinski definition) is 1. The average Bonchev–Trinajstić information content (AvgIpc) is 2.92. The number of thiazole rings is 1. The number of aromatic nitrogens is 1. The monoisotopic (exact) mass is 210 g/mol. The lowest BCUT2D eigenvalue weighted by Gasteiger charge is -2.14. The van der Waals surface area contributed by atoms with Crippen molar-refractivity contribution in [2.75, 3.05) is 0 Å². The lowest BCUT2D eigenvalue weighted by Crippen LogP contribution is -2.29. The summed E-state index contributed by atoms with van der Waals surface area (Å²) in [6.45, 7) is 5.33. The summed E-state index contributed by atoms with van der Waals surface area (Å²) in [5, 5.41) is 4.83. The fourth-order valence-electron chi connectivity index (χ4n) is 1.84. The summed E-state index contributed by atoms with van der Waals surface area (Å²) < 4.78 is 0. The van der Waals surface area contributed by atoms with Crippen LogP contribution in [0.1, 0.15) is 36.1 Å². The van der Waals surface area contributed by atoms with E-state index in [1.165, 1.54) is 29.1 Å². The average molecular weight is 210 g/mol. The summed E-state index contributed by atoms with van der Waals surface area (Å²) >= 11 is 1.80. The van der Waals surface area contributed by atoms with Gasteiger partial charge in [0.2, 0.25) is 0 Å². The van der Waals surface area contributed by atoms with Gasteiger partial charge in [0.25, 0.3) is 0 Å². The van der Waals surface area contributed by atoms with E-state index in [-0.39, 0.29) is 0 Å². The normalized spacial score (nSPS) is 18.4. The SMILES string of the molecule is CCC(NCc1ncc(C)s1)C1CC1. The maximum absolute atomic E-state index is 4.36. The van der Waals surface area contributed by atoms with E-state index in [0.29, 0.717) is 0 Å². The van der Waals surface area contributed by atoms with E-state index in [1.807, 2.05) is 6.20 Å². The first-order valence-corrected chi connectivity index (χ1v) is 6.26. The Labute approximate surface area is 89.8 Å². The molecular formula is C11H18N2S. The van der Waals surface area contributed by atoms with Crippen molar-refractivity contribution in [2.45, 2.75) is 45.7 Å². The first kappa shape index (κ1) is 10.1. The van der Waals surface area contributed by atoms with Crippen molar-refractivity contribution < 1.29 is 0 Å². The van der Waals surface area contributed by atoms with Gasteiger partial charge < -0.3 is 5.32 Å². The zero-order valence-electron chi connectivity index (χ0n) is 8.92. The first-order chi connectivity index (χ1) is 6.79. The molecule has 0 spiro atoms. The predicted octanol–water partition coefficient (Wildman–Crippen LogP) is 2.73. The van der Waals surface area contributed by atoms with Crippen LogP contribution >= 0.6 is 11.3 Å². The third-order valence-electron chi connectivity index (χ3n) is 2.82. The Morgan fingerprint density at radius 1 is 1.64 bits per heavy atom. The summed E-state index contributed by atoms with van der Waals surface area (Å²) in [6, 6.07) is 0.721. The van der Waals surface area contributed by atoms with Crippen LogP contribution in [0.2, 0.25) is 0 Å². The van der Waals surface area contributed by atoms with E-state index in [0.717, 1.165) is 18.5 Å². The Morgan fingerprint density at radius 3 is 2.93 bits per heavy atom. The molecule has 78 valence electrons. The largest absolute Gasteiger partial charge is 0.307 e. The topological polar surface area (TPSA) is 24.9 Å². The van der Waals surface area contributed by atoms with E-state index in [1.54, 1.807) is 11.3 Å². The van der Waals surface area contributed by atoms with Gasteiger partial charge >= 0.3 is 0 Å². The molecule has 1 aromatic heterocycles. The van der Waals surface area contributed by atoms with Gasteiger partial charge in [0, 0.05) is 23.7 Å². The van der Waals surface area contributed by atoms with Crippen LogP contribution in [0.3, 0.4) is 0 Å². The van der Waals surface area contributed by atoms with E-state index >= 15 is 0 Å². The fourth-order valence-corrected chi connectivity index (χ4v) is 2.58. The van der Waals surface area contributed by atoms with Crippen molar-refractivity contribution in [2.24, 2.45) is 5.92 Å². The van der Waals surface area contributed by atoms with E-state index < -0.39 is 0 Å². The minimum Gasteiger partial charge on any atom is -0.307 e. The fraction of sp³-hybridized carbons (Fsp3) is 0.727. The van der Waals surface area contributed by atoms with Gasteiger partial charge in [-0.2, -0.15) is 0 Å². The molecule has 3 heteroatoms. The van der Waals surface area contributed by atoms with Crippen molar-refractivity contribution in [1.29, 1.82) is 0 Å². The van der Waals surface area contributed by atoms with Crippen molar-refractivity contribution in [3.63, 3.8) is 0 Å². The second-order valence-corrected chi connectivity index (χ2v) is 5.42. The van der Waals surface area contributed by atoms with Gasteiger partial charge in [-0.25, -0.2) is 4.98 Å². The Bertz CT molecular complexity index is 291. The van der Waals surface area contributed by atoms with Gasteiger partial charge in [-0.1, -0.05) is 6.92 Å². The highest BCUT2D eigenvalue weighted by atomic mass is 32.1. The van der Waals surface area contributed by atoms with E-state index in [4.69, 9.17) is 0 Å². The Hall–Kier alpha value is -0.410. The lowest BCUT2D eigenvalue weighted by molar-refractivity contribution is 0.448. The zero-order chi connectivity index (χ0) is 9.97. The van der Waals surface area contributed by atoms with Crippen LogP contribution in [0.15, 0.2) is 6.20 Å². The quantitative estimate of drug-likeness (QED) is 0.808. The van der Waals surface area contributed by atoms with Crippen molar-refractivity contribution in [3.05, 3.63) is 16.1 Å². The number of rotatable bonds is 5. The summed E-state index contributed by atoms with van der Waals surface area (Å²) in [6.07, 6.45) is 6.04. The van der Waals surface area contributed by atoms with Crippen molar-refractivity contribution in [3.8, 4) is 0 Å². The molecule has 1 atom stereocenters. The molecule has 1 aliphatic carbocycles. The summed E-state index contributed by atoms with van der Waals surface area (Å²) in [4.78, 5) is 5.66. The second-order valence-electron chi connectivity index (χ2n) is 4.10. The van der Waals surface area contributed by atoms with Crippen LogP contribution in [0.5, 0.6) is 0 Å². The van der Waals surface area contributed by atoms with E-state index in [9.17, 15) is 0 Å². The molecular weight excluding hydrogens is 192 g/mol. The van der Waals surface area contributed by atoms with Gasteiger partial charge in [0.1, 0.15) is 5.01 Å². The molecule has 2 rings (SSSR count). The number of aryl methyl sites for hydroxylation is 1. The molecule has 1 aliphatic rings. The van der Waals surface area contributed by atoms with E-state index in [2.05, 4.69) is 24.1 Å². The smallest absolute Gasteiger partial charge is 0.107 e. The maximum Gasteiger partial charge on any atom is 0.107 e. The maximum atomic E-state index is 4.36. The molecule has 1 fully saturated rings. The molecule has 14 heavy (non-hydrogen) atoms. The van der Waals surface area contributed by atoms with Crippen LogP contribution in [-0.4, -0.2) is 11.0 Å². The van der Waals surface area contributed by atoms with Crippen LogP contribution < -0.4 is 5.32 Å². The standard InChI is InChI=1S/C11H18N2S/c1-3-10(9-4-5-9)12-7-11-13-6-8(2)14-11/h6,9-10,12H,3-5,7H2,1-2H3. The molecule has 0 aliphatic heterocycles. The molecule has 0 amide bonds. The Balaban J connectivity index is 1.80. The van der Waals surface area contributed by atoms with Crippen molar-refractivity contribution >= 4 is 11.3 Å². The highest BCUT2D eigenvalue weighted by Crippen LogP contribution is 2.34. The van der Waals surface area contributed by atoms with Gasteiger partial charge in [-0.05, 0) is 32.1 Å². The van der Waals surface area contributed by atoms with Crippen LogP contribution in [-0.2, 0) is 6.54 Å². The van der Waals surface area contributed by atoms with Crippen LogP contribution in [0.4, 0.5) is 0 Å². The summed E-state index contributed by atoms with van der Waals surface area (Å²) in [7, 11) is 0. The number of hydrogen-bond acceptors (Lipinski definition) is 3. The summed E-state index contributed by atoms with van der Waals surface area (Å²) in [5.74, 6) is 0.945. The molecule has 2 nitrogen and oxygen atoms in total. The summed E-state index contributed by atoms with van der Waals surface area (Å²) in [5.41, 5.74) is 0. The van der Waals surface area contributed by atoms with Crippen LogP contribution in [0, 0.1) is 12.8 Å².